The van der Waals surface area contributed by atoms with Crippen LogP contribution in [0.1, 0.15) is 49.2 Å². The minimum atomic E-state index is -0.928. The van der Waals surface area contributed by atoms with Crippen molar-refractivity contribution < 1.29 is 19.4 Å². The first-order chi connectivity index (χ1) is 13.2. The molecule has 158 valence electrons. The normalized spacial score (nSPS) is 15.2. The number of carbonyl (C=O) groups excluding carboxylic acids is 1. The van der Waals surface area contributed by atoms with Crippen molar-refractivity contribution in [2.75, 3.05) is 6.54 Å². The quantitative estimate of drug-likeness (QED) is 0.592. The zero-order chi connectivity index (χ0) is 20.5. The second-order valence-electron chi connectivity index (χ2n) is 7.62. The first kappa shape index (κ1) is 23.7. The predicted octanol–water partition coefficient (Wildman–Crippen LogP) is 5.35. The van der Waals surface area contributed by atoms with Gasteiger partial charge < -0.3 is 9.84 Å². The van der Waals surface area contributed by atoms with Crippen LogP contribution in [0.2, 0.25) is 5.02 Å². The van der Waals surface area contributed by atoms with Gasteiger partial charge in [-0.1, -0.05) is 36.7 Å². The van der Waals surface area contributed by atoms with E-state index in [0.29, 0.717) is 41.6 Å². The Kier molecular flexibility index (Phi) is 7.74. The first-order valence-corrected chi connectivity index (χ1v) is 10.5. The van der Waals surface area contributed by atoms with E-state index in [0.717, 1.165) is 10.4 Å². The van der Waals surface area contributed by atoms with E-state index in [-0.39, 0.29) is 18.4 Å². The highest BCUT2D eigenvalue weighted by atomic mass is 35.5. The lowest BCUT2D eigenvalue weighted by Crippen LogP contribution is -2.37. The lowest BCUT2D eigenvalue weighted by Gasteiger charge is -2.32. The molecule has 1 aliphatic heterocycles. The van der Waals surface area contributed by atoms with Crippen LogP contribution in [0.4, 0.5) is 0 Å². The Morgan fingerprint density at radius 2 is 2.03 bits per heavy atom. The number of nitrogens with zero attached hydrogens (tertiary/aromatic N) is 1. The van der Waals surface area contributed by atoms with Gasteiger partial charge in [0.1, 0.15) is 6.04 Å². The number of esters is 1. The van der Waals surface area contributed by atoms with Gasteiger partial charge in [0.2, 0.25) is 0 Å². The molecule has 0 fully saturated rings. The number of carboxylic acids is 1. The van der Waals surface area contributed by atoms with E-state index in [2.05, 4.69) is 0 Å². The van der Waals surface area contributed by atoms with Crippen molar-refractivity contribution in [1.29, 1.82) is 0 Å². The molecule has 0 bridgehead atoms. The Labute approximate surface area is 186 Å². The van der Waals surface area contributed by atoms with E-state index in [9.17, 15) is 14.7 Å². The highest BCUT2D eigenvalue weighted by Crippen LogP contribution is 2.38. The molecule has 1 N–H and O–H groups in total. The van der Waals surface area contributed by atoms with Gasteiger partial charge in [-0.25, -0.2) is 0 Å². The molecule has 0 amide bonds. The molecular formula is C21H25Cl2NO4S. The van der Waals surface area contributed by atoms with Crippen molar-refractivity contribution in [3.8, 4) is 5.06 Å². The van der Waals surface area contributed by atoms with Crippen LogP contribution in [0, 0.1) is 5.41 Å². The van der Waals surface area contributed by atoms with Crippen molar-refractivity contribution in [1.82, 2.24) is 4.90 Å². The molecule has 1 unspecified atom stereocenters. The van der Waals surface area contributed by atoms with Crippen LogP contribution in [0.3, 0.4) is 0 Å². The summed E-state index contributed by atoms with van der Waals surface area (Å²) >= 11 is 7.72. The van der Waals surface area contributed by atoms with E-state index in [1.807, 2.05) is 31.7 Å². The minimum absolute atomic E-state index is 0. The van der Waals surface area contributed by atoms with Gasteiger partial charge in [-0.2, -0.15) is 0 Å². The Balaban J connectivity index is 0.00000300. The molecular weight excluding hydrogens is 433 g/mol. The second-order valence-corrected chi connectivity index (χ2v) is 9.13. The zero-order valence-corrected chi connectivity index (χ0v) is 19.0. The Morgan fingerprint density at radius 3 is 2.66 bits per heavy atom. The van der Waals surface area contributed by atoms with Gasteiger partial charge in [0.15, 0.2) is 5.06 Å². The SMILES string of the molecule is CCC(C)(C)C(=O)Oc1cc2c(s1)CCN(C(C(=O)O)c1ccccc1Cl)C2.Cl. The fraction of sp³-hybridized carbons (Fsp3) is 0.429. The number of hydrogen-bond donors (Lipinski definition) is 1. The van der Waals surface area contributed by atoms with Crippen LogP contribution in [-0.2, 0) is 22.6 Å². The molecule has 0 spiro atoms. The average Bonchev–Trinajstić information content (AvgIpc) is 3.04. The van der Waals surface area contributed by atoms with Crippen LogP contribution in [0.5, 0.6) is 5.06 Å². The van der Waals surface area contributed by atoms with Gasteiger partial charge >= 0.3 is 11.9 Å². The molecule has 2 heterocycles. The van der Waals surface area contributed by atoms with Crippen LogP contribution in [0.15, 0.2) is 30.3 Å². The molecule has 1 aromatic carbocycles. The van der Waals surface area contributed by atoms with Crippen LogP contribution in [-0.4, -0.2) is 28.5 Å². The number of fused-ring (bicyclic) bond motifs is 1. The summed E-state index contributed by atoms with van der Waals surface area (Å²) in [6.45, 7) is 6.77. The smallest absolute Gasteiger partial charge is 0.325 e. The van der Waals surface area contributed by atoms with E-state index in [4.69, 9.17) is 16.3 Å². The molecule has 0 saturated heterocycles. The maximum Gasteiger partial charge on any atom is 0.325 e. The molecule has 1 atom stereocenters. The van der Waals surface area contributed by atoms with Crippen LogP contribution >= 0.6 is 35.3 Å². The van der Waals surface area contributed by atoms with E-state index in [1.165, 1.54) is 11.3 Å². The summed E-state index contributed by atoms with van der Waals surface area (Å²) in [6, 6.07) is 8.10. The minimum Gasteiger partial charge on any atom is -0.480 e. The molecule has 1 aromatic heterocycles. The van der Waals surface area contributed by atoms with E-state index >= 15 is 0 Å². The molecule has 3 rings (SSSR count). The summed E-state index contributed by atoms with van der Waals surface area (Å²) in [5.41, 5.74) is 1.06. The number of carbonyl (C=O) groups is 2. The number of rotatable bonds is 6. The predicted molar refractivity (Wildman–Crippen MR) is 117 cm³/mol. The maximum atomic E-state index is 12.3. The van der Waals surface area contributed by atoms with Gasteiger partial charge in [-0.3, -0.25) is 14.5 Å². The number of ether oxygens (including phenoxy) is 1. The number of thiophene rings is 1. The lowest BCUT2D eigenvalue weighted by atomic mass is 9.91. The van der Waals surface area contributed by atoms with Gasteiger partial charge in [0.05, 0.1) is 5.41 Å². The number of benzene rings is 1. The molecule has 8 heteroatoms. The second kappa shape index (κ2) is 9.47. The molecule has 0 saturated carbocycles. The molecule has 5 nitrogen and oxygen atoms in total. The molecule has 0 aliphatic carbocycles. The third-order valence-electron chi connectivity index (χ3n) is 5.30. The number of aliphatic carboxylic acids is 1. The summed E-state index contributed by atoms with van der Waals surface area (Å²) in [5, 5.41) is 10.8. The molecule has 1 aliphatic rings. The van der Waals surface area contributed by atoms with Crippen molar-refractivity contribution in [2.24, 2.45) is 5.41 Å². The van der Waals surface area contributed by atoms with Crippen molar-refractivity contribution in [2.45, 2.75) is 46.2 Å². The van der Waals surface area contributed by atoms with Crippen molar-refractivity contribution in [3.63, 3.8) is 0 Å². The molecule has 0 radical (unpaired) electrons. The van der Waals surface area contributed by atoms with Crippen molar-refractivity contribution >= 4 is 47.3 Å². The maximum absolute atomic E-state index is 12.3. The van der Waals surface area contributed by atoms with E-state index < -0.39 is 17.4 Å². The largest absolute Gasteiger partial charge is 0.480 e. The first-order valence-electron chi connectivity index (χ1n) is 9.28. The van der Waals surface area contributed by atoms with Crippen LogP contribution < -0.4 is 4.74 Å². The number of carboxylic acid groups (broad SMARTS) is 1. The van der Waals surface area contributed by atoms with Gasteiger partial charge in [-0.05, 0) is 49.9 Å². The summed E-state index contributed by atoms with van der Waals surface area (Å²) in [5.74, 6) is -1.17. The Bertz CT molecular complexity index is 897. The summed E-state index contributed by atoms with van der Waals surface area (Å²) in [6.07, 6.45) is 1.41. The standard InChI is InChI=1S/C21H24ClNO4S.ClH/c1-4-21(2,3)20(26)27-17-11-13-12-23(10-9-16(13)28-17)18(19(24)25)14-7-5-6-8-15(14)22;/h5-8,11,18H,4,9-10,12H2,1-3H3,(H,24,25);1H. The topological polar surface area (TPSA) is 66.8 Å². The fourth-order valence-corrected chi connectivity index (χ4v) is 4.40. The average molecular weight is 458 g/mol. The summed E-state index contributed by atoms with van der Waals surface area (Å²) in [4.78, 5) is 27.4. The zero-order valence-electron chi connectivity index (χ0n) is 16.6. The highest BCUT2D eigenvalue weighted by Gasteiger charge is 2.33. The summed E-state index contributed by atoms with van der Waals surface area (Å²) < 4.78 is 5.59. The number of halogens is 2. The van der Waals surface area contributed by atoms with Gasteiger partial charge in [-0.15, -0.1) is 23.7 Å². The van der Waals surface area contributed by atoms with Gasteiger partial charge in [0, 0.05) is 23.0 Å². The Morgan fingerprint density at radius 1 is 1.34 bits per heavy atom. The highest BCUT2D eigenvalue weighted by molar-refractivity contribution is 7.14. The van der Waals surface area contributed by atoms with Gasteiger partial charge in [0.25, 0.3) is 0 Å². The third kappa shape index (κ3) is 5.12. The molecule has 29 heavy (non-hydrogen) atoms. The Hall–Kier alpha value is -1.60. The lowest BCUT2D eigenvalue weighted by molar-refractivity contribution is -0.144. The molecule has 2 aromatic rings. The monoisotopic (exact) mass is 457 g/mol. The van der Waals surface area contributed by atoms with Crippen molar-refractivity contribution in [3.05, 3.63) is 51.4 Å². The summed E-state index contributed by atoms with van der Waals surface area (Å²) in [7, 11) is 0. The van der Waals surface area contributed by atoms with E-state index in [1.54, 1.807) is 24.3 Å². The third-order valence-corrected chi connectivity index (χ3v) is 6.76. The number of hydrogen-bond acceptors (Lipinski definition) is 5. The van der Waals surface area contributed by atoms with Crippen LogP contribution in [0.25, 0.3) is 0 Å². The fourth-order valence-electron chi connectivity index (χ4n) is 3.15.